The van der Waals surface area contributed by atoms with Crippen LogP contribution in [0.15, 0.2) is 30.3 Å². The number of carbonyl (C=O) groups is 1. The Balaban J connectivity index is 2.28. The van der Waals surface area contributed by atoms with Crippen LogP contribution >= 0.6 is 0 Å². The summed E-state index contributed by atoms with van der Waals surface area (Å²) in [4.78, 5) is 13.8. The molecule has 1 unspecified atom stereocenters. The number of aliphatic hydroxyl groups excluding tert-OH is 1. The molecule has 0 aliphatic heterocycles. The number of nitrogens with zero attached hydrogens (tertiary/aromatic N) is 1. The number of amides is 1. The van der Waals surface area contributed by atoms with Crippen molar-refractivity contribution in [1.82, 2.24) is 4.90 Å². The van der Waals surface area contributed by atoms with Gasteiger partial charge in [-0.2, -0.15) is 0 Å². The number of hydrogen-bond acceptors (Lipinski definition) is 4. The van der Waals surface area contributed by atoms with Gasteiger partial charge < -0.3 is 14.7 Å². The molecule has 5 nitrogen and oxygen atoms in total. The quantitative estimate of drug-likeness (QED) is 0.735. The monoisotopic (exact) mass is 294 g/mol. The molecule has 0 aliphatic carbocycles. The average molecular weight is 294 g/mol. The maximum absolute atomic E-state index is 11.6. The van der Waals surface area contributed by atoms with Crippen LogP contribution in [0.25, 0.3) is 0 Å². The molecule has 0 aromatic heterocycles. The third-order valence-corrected chi connectivity index (χ3v) is 2.98. The summed E-state index contributed by atoms with van der Waals surface area (Å²) in [5.41, 5.74) is 0.676. The van der Waals surface area contributed by atoms with Crippen LogP contribution in [0.5, 0.6) is 0 Å². The maximum atomic E-state index is 11.6. The van der Waals surface area contributed by atoms with E-state index in [1.54, 1.807) is 12.1 Å². The van der Waals surface area contributed by atoms with Gasteiger partial charge in [0.15, 0.2) is 0 Å². The molecule has 0 spiro atoms. The first-order chi connectivity index (χ1) is 10.2. The van der Waals surface area contributed by atoms with Gasteiger partial charge in [0.2, 0.25) is 0 Å². The lowest BCUT2D eigenvalue weighted by atomic mass is 10.3. The highest BCUT2D eigenvalue weighted by Crippen LogP contribution is 2.05. The normalized spacial score (nSPS) is 12.2. The number of carbonyl (C=O) groups excluding carboxylic acids is 1. The first-order valence-electron chi connectivity index (χ1n) is 7.55. The van der Waals surface area contributed by atoms with Crippen LogP contribution in [0.1, 0.15) is 26.7 Å². The second-order valence-corrected chi connectivity index (χ2v) is 5.04. The van der Waals surface area contributed by atoms with Gasteiger partial charge in [-0.15, -0.1) is 0 Å². The summed E-state index contributed by atoms with van der Waals surface area (Å²) in [5, 5.41) is 12.6. The molecule has 0 bridgehead atoms. The Labute approximate surface area is 126 Å². The van der Waals surface area contributed by atoms with Crippen molar-refractivity contribution in [3.63, 3.8) is 0 Å². The van der Waals surface area contributed by atoms with Crippen LogP contribution in [0.3, 0.4) is 0 Å². The SMILES string of the molecule is CCCN(CCC)CC(O)COC(=O)Nc1ccccc1. The Morgan fingerprint density at radius 1 is 1.24 bits per heavy atom. The van der Waals surface area contributed by atoms with Crippen molar-refractivity contribution in [1.29, 1.82) is 0 Å². The number of ether oxygens (including phenoxy) is 1. The van der Waals surface area contributed by atoms with Crippen LogP contribution in [0.4, 0.5) is 10.5 Å². The van der Waals surface area contributed by atoms with Crippen molar-refractivity contribution < 1.29 is 14.6 Å². The molecular formula is C16H26N2O3. The molecule has 0 radical (unpaired) electrons. The number of nitrogens with one attached hydrogen (secondary N) is 1. The first-order valence-corrected chi connectivity index (χ1v) is 7.55. The van der Waals surface area contributed by atoms with E-state index in [4.69, 9.17) is 4.74 Å². The second kappa shape index (κ2) is 10.2. The number of benzene rings is 1. The fourth-order valence-corrected chi connectivity index (χ4v) is 2.12. The highest BCUT2D eigenvalue weighted by Gasteiger charge is 2.13. The summed E-state index contributed by atoms with van der Waals surface area (Å²) in [5.74, 6) is 0. The summed E-state index contributed by atoms with van der Waals surface area (Å²) in [6.07, 6.45) is 0.881. The molecule has 1 aromatic rings. The van der Waals surface area contributed by atoms with E-state index in [9.17, 15) is 9.90 Å². The zero-order chi connectivity index (χ0) is 15.5. The standard InChI is InChI=1S/C16H26N2O3/c1-3-10-18(11-4-2)12-15(19)13-21-16(20)17-14-8-6-5-7-9-14/h5-9,15,19H,3-4,10-13H2,1-2H3,(H,17,20). The lowest BCUT2D eigenvalue weighted by Gasteiger charge is -2.23. The minimum Gasteiger partial charge on any atom is -0.447 e. The molecular weight excluding hydrogens is 268 g/mol. The third-order valence-electron chi connectivity index (χ3n) is 2.98. The predicted octanol–water partition coefficient (Wildman–Crippen LogP) is 2.72. The van der Waals surface area contributed by atoms with Gasteiger partial charge in [-0.3, -0.25) is 5.32 Å². The van der Waals surface area contributed by atoms with Gasteiger partial charge in [-0.05, 0) is 38.1 Å². The van der Waals surface area contributed by atoms with Crippen molar-refractivity contribution in [3.8, 4) is 0 Å². The lowest BCUT2D eigenvalue weighted by molar-refractivity contribution is 0.0482. The van der Waals surface area contributed by atoms with Gasteiger partial charge in [0.05, 0.1) is 0 Å². The van der Waals surface area contributed by atoms with E-state index >= 15 is 0 Å². The minimum atomic E-state index is -0.662. The number of rotatable bonds is 9. The molecule has 0 heterocycles. The summed E-state index contributed by atoms with van der Waals surface area (Å²) in [6, 6.07) is 9.09. The fraction of sp³-hybridized carbons (Fsp3) is 0.562. The van der Waals surface area contributed by atoms with E-state index in [1.807, 2.05) is 18.2 Å². The number of anilines is 1. The van der Waals surface area contributed by atoms with Crippen molar-refractivity contribution in [3.05, 3.63) is 30.3 Å². The molecule has 0 aliphatic rings. The van der Waals surface area contributed by atoms with E-state index in [-0.39, 0.29) is 6.61 Å². The van der Waals surface area contributed by atoms with E-state index in [1.165, 1.54) is 0 Å². The van der Waals surface area contributed by atoms with Gasteiger partial charge in [0.1, 0.15) is 12.7 Å². The van der Waals surface area contributed by atoms with Crippen molar-refractivity contribution in [2.45, 2.75) is 32.8 Å². The molecule has 0 saturated carbocycles. The topological polar surface area (TPSA) is 61.8 Å². The summed E-state index contributed by atoms with van der Waals surface area (Å²) < 4.78 is 5.04. The van der Waals surface area contributed by atoms with Crippen molar-refractivity contribution in [2.75, 3.05) is 31.6 Å². The number of aliphatic hydroxyl groups is 1. The third kappa shape index (κ3) is 7.68. The molecule has 1 atom stereocenters. The van der Waals surface area contributed by atoms with Crippen molar-refractivity contribution >= 4 is 11.8 Å². The molecule has 0 fully saturated rings. The van der Waals surface area contributed by atoms with Crippen LogP contribution < -0.4 is 5.32 Å². The van der Waals surface area contributed by atoms with Gasteiger partial charge >= 0.3 is 6.09 Å². The van der Waals surface area contributed by atoms with Crippen LogP contribution in [-0.2, 0) is 4.74 Å². The zero-order valence-electron chi connectivity index (χ0n) is 12.9. The Hall–Kier alpha value is -1.59. The van der Waals surface area contributed by atoms with Gasteiger partial charge in [0.25, 0.3) is 0 Å². The Kier molecular flexibility index (Phi) is 8.47. The molecule has 21 heavy (non-hydrogen) atoms. The van der Waals surface area contributed by atoms with Gasteiger partial charge in [-0.1, -0.05) is 32.0 Å². The molecule has 5 heteroatoms. The van der Waals surface area contributed by atoms with E-state index in [0.717, 1.165) is 25.9 Å². The predicted molar refractivity (Wildman–Crippen MR) is 84.4 cm³/mol. The zero-order valence-corrected chi connectivity index (χ0v) is 12.9. The smallest absolute Gasteiger partial charge is 0.411 e. The number of para-hydroxylation sites is 1. The Morgan fingerprint density at radius 3 is 2.43 bits per heavy atom. The summed E-state index contributed by atoms with van der Waals surface area (Å²) in [7, 11) is 0. The van der Waals surface area contributed by atoms with E-state index in [2.05, 4.69) is 24.1 Å². The minimum absolute atomic E-state index is 0.00257. The molecule has 118 valence electrons. The van der Waals surface area contributed by atoms with Gasteiger partial charge in [-0.25, -0.2) is 4.79 Å². The van der Waals surface area contributed by atoms with Crippen molar-refractivity contribution in [2.24, 2.45) is 0 Å². The highest BCUT2D eigenvalue weighted by molar-refractivity contribution is 5.84. The Morgan fingerprint density at radius 2 is 1.86 bits per heavy atom. The summed E-state index contributed by atoms with van der Waals surface area (Å²) in [6.45, 7) is 6.64. The molecule has 0 saturated heterocycles. The molecule has 1 rings (SSSR count). The van der Waals surface area contributed by atoms with E-state index < -0.39 is 12.2 Å². The first kappa shape index (κ1) is 17.5. The fourth-order valence-electron chi connectivity index (χ4n) is 2.12. The Bertz CT molecular complexity index is 392. The highest BCUT2D eigenvalue weighted by atomic mass is 16.6. The van der Waals surface area contributed by atoms with Crippen LogP contribution in [0, 0.1) is 0 Å². The maximum Gasteiger partial charge on any atom is 0.411 e. The second-order valence-electron chi connectivity index (χ2n) is 5.04. The lowest BCUT2D eigenvalue weighted by Crippen LogP contribution is -2.36. The molecule has 1 aromatic carbocycles. The van der Waals surface area contributed by atoms with Gasteiger partial charge in [0, 0.05) is 12.2 Å². The largest absolute Gasteiger partial charge is 0.447 e. The number of hydrogen-bond donors (Lipinski definition) is 2. The summed E-state index contributed by atoms with van der Waals surface area (Å²) >= 11 is 0. The average Bonchev–Trinajstić information content (AvgIpc) is 2.47. The van der Waals surface area contributed by atoms with Crippen LogP contribution in [0.2, 0.25) is 0 Å². The molecule has 1 amide bonds. The molecule has 2 N–H and O–H groups in total. The van der Waals surface area contributed by atoms with Crippen LogP contribution in [-0.4, -0.2) is 48.4 Å². The van der Waals surface area contributed by atoms with E-state index in [0.29, 0.717) is 12.2 Å².